The number of rotatable bonds is 4. The Labute approximate surface area is 270 Å². The molecule has 1 aliphatic heterocycles. The van der Waals surface area contributed by atoms with Crippen molar-refractivity contribution in [3.63, 3.8) is 0 Å². The van der Waals surface area contributed by atoms with Crippen molar-refractivity contribution in [3.8, 4) is 33.5 Å². The minimum absolute atomic E-state index is 0.0299. The topological polar surface area (TPSA) is 16.1 Å². The Hall–Kier alpha value is -5.47. The first-order valence-corrected chi connectivity index (χ1v) is 16.3. The number of allylic oxidation sites excluding steroid dienone is 4. The summed E-state index contributed by atoms with van der Waals surface area (Å²) in [6.07, 6.45) is 13.3. The van der Waals surface area contributed by atoms with Crippen LogP contribution in [-0.2, 0) is 5.41 Å². The molecule has 0 saturated carbocycles. The van der Waals surface area contributed by atoms with E-state index >= 15 is 0 Å². The monoisotopic (exact) mass is 590 g/mol. The van der Waals surface area contributed by atoms with Crippen LogP contribution in [0.2, 0.25) is 0 Å². The van der Waals surface area contributed by atoms with Crippen molar-refractivity contribution in [1.82, 2.24) is 4.98 Å². The molecule has 0 saturated heterocycles. The van der Waals surface area contributed by atoms with Gasteiger partial charge in [-0.2, -0.15) is 0 Å². The van der Waals surface area contributed by atoms with Gasteiger partial charge in [-0.25, -0.2) is 4.98 Å². The normalized spacial score (nSPS) is 15.5. The fraction of sp³-hybridized carbons (Fsp3) is 0.114. The highest BCUT2D eigenvalue weighted by molar-refractivity contribution is 6.10. The van der Waals surface area contributed by atoms with Gasteiger partial charge in [-0.15, -0.1) is 0 Å². The summed E-state index contributed by atoms with van der Waals surface area (Å²) in [5.41, 5.74) is 16.1. The Morgan fingerprint density at radius 3 is 2.37 bits per heavy atom. The molecule has 2 nitrogen and oxygen atoms in total. The van der Waals surface area contributed by atoms with Gasteiger partial charge >= 0.3 is 0 Å². The summed E-state index contributed by atoms with van der Waals surface area (Å²) < 4.78 is 0. The minimum atomic E-state index is -0.0299. The van der Waals surface area contributed by atoms with Crippen molar-refractivity contribution in [2.24, 2.45) is 0 Å². The van der Waals surface area contributed by atoms with E-state index in [1.54, 1.807) is 0 Å². The van der Waals surface area contributed by atoms with Crippen LogP contribution in [0.3, 0.4) is 0 Å². The number of anilines is 2. The zero-order valence-electron chi connectivity index (χ0n) is 26.2. The highest BCUT2D eigenvalue weighted by Gasteiger charge is 2.38. The molecule has 6 aromatic rings. The Kier molecular flexibility index (Phi) is 6.01. The third kappa shape index (κ3) is 4.14. The molecule has 0 unspecified atom stereocenters. The van der Waals surface area contributed by atoms with E-state index in [0.717, 1.165) is 35.5 Å². The second-order valence-corrected chi connectivity index (χ2v) is 13.1. The summed E-state index contributed by atoms with van der Waals surface area (Å²) >= 11 is 0. The first-order chi connectivity index (χ1) is 22.6. The Morgan fingerprint density at radius 2 is 1.50 bits per heavy atom. The van der Waals surface area contributed by atoms with E-state index in [1.807, 2.05) is 0 Å². The summed E-state index contributed by atoms with van der Waals surface area (Å²) in [6.45, 7) is 4.72. The van der Waals surface area contributed by atoms with Crippen molar-refractivity contribution in [2.75, 3.05) is 4.90 Å². The summed E-state index contributed by atoms with van der Waals surface area (Å²) in [7, 11) is 0. The zero-order chi connectivity index (χ0) is 30.8. The maximum absolute atomic E-state index is 5.15. The number of hydrogen-bond acceptors (Lipinski definition) is 2. The number of nitrogens with zero attached hydrogens (tertiary/aromatic N) is 2. The fourth-order valence-electron chi connectivity index (χ4n) is 7.74. The molecule has 46 heavy (non-hydrogen) atoms. The average molecular weight is 591 g/mol. The summed E-state index contributed by atoms with van der Waals surface area (Å²) in [6, 6.07) is 42.1. The summed E-state index contributed by atoms with van der Waals surface area (Å²) in [5, 5.41) is 2.61. The van der Waals surface area contributed by atoms with Gasteiger partial charge in [0.25, 0.3) is 0 Å². The highest BCUT2D eigenvalue weighted by Crippen LogP contribution is 2.54. The lowest BCUT2D eigenvalue weighted by Crippen LogP contribution is -2.16. The fourth-order valence-corrected chi connectivity index (χ4v) is 7.74. The third-order valence-corrected chi connectivity index (χ3v) is 10.1. The smallest absolute Gasteiger partial charge is 0.0715 e. The van der Waals surface area contributed by atoms with Crippen molar-refractivity contribution in [1.29, 1.82) is 0 Å². The van der Waals surface area contributed by atoms with Crippen LogP contribution in [0.1, 0.15) is 49.1 Å². The van der Waals surface area contributed by atoms with E-state index in [9.17, 15) is 0 Å². The lowest BCUT2D eigenvalue weighted by atomic mass is 9.81. The molecule has 2 heteroatoms. The number of aromatic nitrogens is 1. The number of hydrogen-bond donors (Lipinski definition) is 0. The van der Waals surface area contributed by atoms with E-state index in [0.29, 0.717) is 0 Å². The number of fused-ring (bicyclic) bond motifs is 4. The maximum Gasteiger partial charge on any atom is 0.0715 e. The lowest BCUT2D eigenvalue weighted by molar-refractivity contribution is 0.661. The molecule has 0 bridgehead atoms. The van der Waals surface area contributed by atoms with E-state index in [1.165, 1.54) is 61.0 Å². The molecule has 0 atom stereocenters. The second-order valence-electron chi connectivity index (χ2n) is 13.1. The second kappa shape index (κ2) is 10.3. The first kappa shape index (κ1) is 26.9. The molecule has 220 valence electrons. The van der Waals surface area contributed by atoms with Gasteiger partial charge in [-0.05, 0) is 105 Å². The van der Waals surface area contributed by atoms with Gasteiger partial charge in [0.2, 0.25) is 0 Å². The predicted molar refractivity (Wildman–Crippen MR) is 194 cm³/mol. The van der Waals surface area contributed by atoms with Crippen molar-refractivity contribution < 1.29 is 0 Å². The number of benzene rings is 5. The van der Waals surface area contributed by atoms with Crippen LogP contribution in [0.5, 0.6) is 0 Å². The van der Waals surface area contributed by atoms with Crippen LogP contribution in [0.15, 0.2) is 140 Å². The number of pyridine rings is 1. The zero-order valence-corrected chi connectivity index (χ0v) is 26.2. The van der Waals surface area contributed by atoms with E-state index in [-0.39, 0.29) is 5.41 Å². The van der Waals surface area contributed by atoms with Gasteiger partial charge < -0.3 is 4.90 Å². The van der Waals surface area contributed by atoms with Gasteiger partial charge in [0.15, 0.2) is 0 Å². The van der Waals surface area contributed by atoms with Gasteiger partial charge in [-0.1, -0.05) is 111 Å². The van der Waals surface area contributed by atoms with E-state index in [4.69, 9.17) is 4.98 Å². The van der Waals surface area contributed by atoms with E-state index in [2.05, 4.69) is 165 Å². The molecule has 0 fully saturated rings. The van der Waals surface area contributed by atoms with Gasteiger partial charge in [0, 0.05) is 28.3 Å². The molecule has 0 radical (unpaired) electrons. The third-order valence-electron chi connectivity index (χ3n) is 10.1. The summed E-state index contributed by atoms with van der Waals surface area (Å²) in [4.78, 5) is 7.50. The van der Waals surface area contributed by atoms with Crippen molar-refractivity contribution in [3.05, 3.63) is 162 Å². The molecule has 2 aliphatic carbocycles. The minimum Gasteiger partial charge on any atom is -0.316 e. The quantitative estimate of drug-likeness (QED) is 0.203. The average Bonchev–Trinajstić information content (AvgIpc) is 3.35. The van der Waals surface area contributed by atoms with Crippen LogP contribution < -0.4 is 4.90 Å². The molecule has 2 heterocycles. The molecule has 0 amide bonds. The largest absolute Gasteiger partial charge is 0.316 e. The molecular formula is C44H34N2. The van der Waals surface area contributed by atoms with Gasteiger partial charge in [0.1, 0.15) is 0 Å². The molecule has 3 aliphatic rings. The van der Waals surface area contributed by atoms with Gasteiger partial charge in [-0.3, -0.25) is 0 Å². The molecular weight excluding hydrogens is 556 g/mol. The van der Waals surface area contributed by atoms with Crippen molar-refractivity contribution in [2.45, 2.75) is 32.1 Å². The maximum atomic E-state index is 5.15. The first-order valence-electron chi connectivity index (χ1n) is 16.3. The summed E-state index contributed by atoms with van der Waals surface area (Å²) in [5.74, 6) is 0. The molecule has 1 aromatic heterocycles. The van der Waals surface area contributed by atoms with Crippen LogP contribution in [0, 0.1) is 0 Å². The van der Waals surface area contributed by atoms with Crippen LogP contribution in [0.25, 0.3) is 55.9 Å². The van der Waals surface area contributed by atoms with Crippen LogP contribution >= 0.6 is 0 Å². The van der Waals surface area contributed by atoms with Crippen molar-refractivity contribution >= 4 is 33.8 Å². The molecule has 5 aromatic carbocycles. The Bertz CT molecular complexity index is 2280. The molecule has 0 spiro atoms. The lowest BCUT2D eigenvalue weighted by Gasteiger charge is -2.29. The molecule has 0 N–H and O–H groups in total. The van der Waals surface area contributed by atoms with Gasteiger partial charge in [0.05, 0.1) is 17.1 Å². The predicted octanol–water partition coefficient (Wildman–Crippen LogP) is 11.7. The Morgan fingerprint density at radius 1 is 0.696 bits per heavy atom. The Balaban J connectivity index is 1.18. The van der Waals surface area contributed by atoms with Crippen LogP contribution in [-0.4, -0.2) is 4.98 Å². The highest BCUT2D eigenvalue weighted by atomic mass is 15.1. The SMILES string of the molecule is CC1(C)c2ccccc2-c2c1cc1cccc3c1c2C=CN3c1cccc(-c2cc(C3=CC=CCC3)nc(-c3ccccc3)c2)c1. The standard InChI is InChI=1S/C44H34N2/c1-44(2)37-21-10-9-20-35(37)43-36-23-24-46(41-22-12-18-32(42(36)41)26-38(43)44)34-19-11-17-31(25-34)33-27-39(29-13-5-3-6-14-29)45-40(28-33)30-15-7-4-8-16-30/h3-7,9-15,17-28H,8,16H2,1-2H3. The molecule has 9 rings (SSSR count). The van der Waals surface area contributed by atoms with E-state index < -0.39 is 0 Å². The van der Waals surface area contributed by atoms with Crippen LogP contribution in [0.4, 0.5) is 11.4 Å².